The average Bonchev–Trinajstić information content (AvgIpc) is 3.34. The highest BCUT2D eigenvalue weighted by Crippen LogP contribution is 2.48. The minimum atomic E-state index is -3.39. The van der Waals surface area contributed by atoms with E-state index in [0.29, 0.717) is 23.9 Å². The third-order valence-electron chi connectivity index (χ3n) is 9.11. The molecule has 1 unspecified atom stereocenters. The molecule has 3 atom stereocenters. The topological polar surface area (TPSA) is 70.8 Å². The zero-order valence-electron chi connectivity index (χ0n) is 23.7. The highest BCUT2D eigenvalue weighted by Gasteiger charge is 2.54. The van der Waals surface area contributed by atoms with Gasteiger partial charge in [-0.15, -0.1) is 0 Å². The second kappa shape index (κ2) is 10.4. The highest BCUT2D eigenvalue weighted by atomic mass is 32.3. The number of fused-ring (bicyclic) bond motifs is 2. The van der Waals surface area contributed by atoms with Crippen molar-refractivity contribution in [3.63, 3.8) is 0 Å². The van der Waals surface area contributed by atoms with Crippen LogP contribution in [-0.4, -0.2) is 69.5 Å². The second-order valence-corrected chi connectivity index (χ2v) is 14.7. The predicted octanol–water partition coefficient (Wildman–Crippen LogP) is 4.99. The van der Waals surface area contributed by atoms with Crippen LogP contribution in [0, 0.1) is 17.2 Å². The summed E-state index contributed by atoms with van der Waals surface area (Å²) in [5.41, 5.74) is 4.15. The number of nitrogens with zero attached hydrogens (tertiary/aromatic N) is 4. The molecule has 3 heterocycles. The standard InChI is InChI=1S/C31H39FN4O3S/c1-30(2,3)24-4-10-28(11-5-24)40(37,38)35-13-12-25-18-29-23(20-33-36(29)27-8-6-26(32)7-9-27)19-31(25,22-35)21-34-14-16-39-17-15-34/h4-11,20,25H,12-19,21-22H2,1-3H3/p+1/t25-,31-/m0/s1. The molecule has 6 rings (SSSR count). The molecular formula is C31H40FN4O3S+. The molecule has 2 aliphatic heterocycles. The van der Waals surface area contributed by atoms with Gasteiger partial charge in [-0.1, -0.05) is 37.2 Å². The third-order valence-corrected chi connectivity index (χ3v) is 11.0. The number of aromatic nitrogens is 2. The fourth-order valence-electron chi connectivity index (χ4n) is 6.81. The lowest BCUT2D eigenvalue weighted by molar-refractivity contribution is -0.0241. The Morgan fingerprint density at radius 1 is 1.07 bits per heavy atom. The SMILES string of the molecule is CC(C)(C)c1ccc([S+](=O)(O)N2CC[C@H]3Cc4c(cnn4-c4ccc(F)cc4)C[C@]3(CN3CCOCC3)C2)cc1. The van der Waals surface area contributed by atoms with Gasteiger partial charge in [0.25, 0.3) is 0 Å². The van der Waals surface area contributed by atoms with Crippen LogP contribution in [0.5, 0.6) is 0 Å². The predicted molar refractivity (Wildman–Crippen MR) is 154 cm³/mol. The number of hydrogen-bond donors (Lipinski definition) is 1. The first-order chi connectivity index (χ1) is 19.0. The van der Waals surface area contributed by atoms with Crippen LogP contribution in [0.4, 0.5) is 4.39 Å². The fraction of sp³-hybridized carbons (Fsp3) is 0.516. The minimum Gasteiger partial charge on any atom is -0.379 e. The number of halogens is 1. The van der Waals surface area contributed by atoms with Crippen LogP contribution in [0.15, 0.2) is 59.6 Å². The Kier molecular flexibility index (Phi) is 7.24. The summed E-state index contributed by atoms with van der Waals surface area (Å²) in [7, 11) is -3.39. The van der Waals surface area contributed by atoms with Crippen LogP contribution >= 0.6 is 0 Å². The van der Waals surface area contributed by atoms with E-state index in [0.717, 1.165) is 63.4 Å². The zero-order valence-corrected chi connectivity index (χ0v) is 24.5. The van der Waals surface area contributed by atoms with Crippen molar-refractivity contribution in [3.8, 4) is 5.69 Å². The van der Waals surface area contributed by atoms with Gasteiger partial charge in [-0.05, 0) is 82.3 Å². The zero-order chi connectivity index (χ0) is 28.1. The van der Waals surface area contributed by atoms with E-state index in [4.69, 9.17) is 9.84 Å². The number of hydrogen-bond acceptors (Lipinski definition) is 4. The van der Waals surface area contributed by atoms with Gasteiger partial charge < -0.3 is 4.74 Å². The first kappa shape index (κ1) is 27.7. The van der Waals surface area contributed by atoms with Crippen molar-refractivity contribution >= 4 is 10.4 Å². The maximum Gasteiger partial charge on any atom is 0.325 e. The summed E-state index contributed by atoms with van der Waals surface area (Å²) in [5, 5.41) is 4.72. The lowest BCUT2D eigenvalue weighted by atomic mass is 9.62. The first-order valence-electron chi connectivity index (χ1n) is 14.3. The molecule has 2 saturated heterocycles. The number of rotatable bonds is 5. The van der Waals surface area contributed by atoms with Gasteiger partial charge in [0.1, 0.15) is 5.82 Å². The molecule has 3 aliphatic rings. The van der Waals surface area contributed by atoms with Crippen LogP contribution in [0.2, 0.25) is 0 Å². The Balaban J connectivity index is 1.32. The molecule has 3 aromatic rings. The Labute approximate surface area is 237 Å². The molecule has 0 radical (unpaired) electrons. The van der Waals surface area contributed by atoms with E-state index < -0.39 is 10.4 Å². The summed E-state index contributed by atoms with van der Waals surface area (Å²) in [6.07, 6.45) is 4.41. The van der Waals surface area contributed by atoms with Crippen molar-refractivity contribution < 1.29 is 17.9 Å². The van der Waals surface area contributed by atoms with E-state index in [2.05, 4.69) is 25.7 Å². The van der Waals surface area contributed by atoms with Crippen LogP contribution < -0.4 is 0 Å². The summed E-state index contributed by atoms with van der Waals surface area (Å²) >= 11 is 0. The van der Waals surface area contributed by atoms with Crippen molar-refractivity contribution in [2.45, 2.75) is 50.3 Å². The summed E-state index contributed by atoms with van der Waals surface area (Å²) in [6, 6.07) is 14.1. The van der Waals surface area contributed by atoms with E-state index in [-0.39, 0.29) is 16.6 Å². The molecule has 9 heteroatoms. The van der Waals surface area contributed by atoms with Gasteiger partial charge in [-0.25, -0.2) is 9.07 Å². The quantitative estimate of drug-likeness (QED) is 0.440. The Morgan fingerprint density at radius 2 is 1.77 bits per heavy atom. The molecule has 2 aromatic carbocycles. The van der Waals surface area contributed by atoms with E-state index in [1.54, 1.807) is 12.1 Å². The first-order valence-corrected chi connectivity index (χ1v) is 15.8. The normalized spacial score (nSPS) is 25.7. The maximum atomic E-state index is 14.1. The molecule has 0 saturated carbocycles. The second-order valence-electron chi connectivity index (χ2n) is 12.8. The fourth-order valence-corrected chi connectivity index (χ4v) is 8.38. The maximum absolute atomic E-state index is 14.1. The van der Waals surface area contributed by atoms with E-state index in [1.165, 1.54) is 23.4 Å². The Morgan fingerprint density at radius 3 is 2.45 bits per heavy atom. The van der Waals surface area contributed by atoms with Crippen molar-refractivity contribution in [1.29, 1.82) is 0 Å². The molecule has 1 N–H and O–H groups in total. The number of benzene rings is 2. The van der Waals surface area contributed by atoms with Crippen LogP contribution in [0.3, 0.4) is 0 Å². The molecule has 1 aromatic heterocycles. The smallest absolute Gasteiger partial charge is 0.325 e. The molecule has 40 heavy (non-hydrogen) atoms. The lowest BCUT2D eigenvalue weighted by Crippen LogP contribution is -2.60. The monoisotopic (exact) mass is 567 g/mol. The number of ether oxygens (including phenoxy) is 1. The Hall–Kier alpha value is -2.43. The van der Waals surface area contributed by atoms with Crippen LogP contribution in [-0.2, 0) is 37.6 Å². The van der Waals surface area contributed by atoms with Gasteiger partial charge in [0, 0.05) is 37.3 Å². The van der Waals surface area contributed by atoms with Crippen molar-refractivity contribution in [1.82, 2.24) is 19.0 Å². The summed E-state index contributed by atoms with van der Waals surface area (Å²) in [5.74, 6) is 0.0794. The molecule has 0 spiro atoms. The van der Waals surface area contributed by atoms with Crippen LogP contribution in [0.1, 0.15) is 44.0 Å². The molecule has 214 valence electrons. The highest BCUT2D eigenvalue weighted by molar-refractivity contribution is 7.95. The largest absolute Gasteiger partial charge is 0.379 e. The summed E-state index contributed by atoms with van der Waals surface area (Å²) in [4.78, 5) is 2.94. The molecule has 0 bridgehead atoms. The van der Waals surface area contributed by atoms with Gasteiger partial charge in [-0.3, -0.25) is 4.90 Å². The molecule has 1 aliphatic carbocycles. The average molecular weight is 568 g/mol. The Bertz CT molecular complexity index is 1400. The van der Waals surface area contributed by atoms with E-state index >= 15 is 0 Å². The van der Waals surface area contributed by atoms with Gasteiger partial charge in [0.05, 0.1) is 31.6 Å². The van der Waals surface area contributed by atoms with Crippen molar-refractivity contribution in [2.24, 2.45) is 11.3 Å². The van der Waals surface area contributed by atoms with Gasteiger partial charge >= 0.3 is 10.4 Å². The molecular weight excluding hydrogens is 527 g/mol. The van der Waals surface area contributed by atoms with E-state index in [9.17, 15) is 13.2 Å². The van der Waals surface area contributed by atoms with Crippen molar-refractivity contribution in [3.05, 3.63) is 77.4 Å². The molecule has 2 fully saturated rings. The van der Waals surface area contributed by atoms with Gasteiger partial charge in [0.15, 0.2) is 0 Å². The van der Waals surface area contributed by atoms with E-state index in [1.807, 2.05) is 39.4 Å². The van der Waals surface area contributed by atoms with Crippen LogP contribution in [0.25, 0.3) is 5.69 Å². The minimum absolute atomic E-state index is 0.0203. The molecule has 0 amide bonds. The van der Waals surface area contributed by atoms with Gasteiger partial charge in [0.2, 0.25) is 4.90 Å². The lowest BCUT2D eigenvalue weighted by Gasteiger charge is -2.51. The third kappa shape index (κ3) is 5.18. The molecule has 7 nitrogen and oxygen atoms in total. The summed E-state index contributed by atoms with van der Waals surface area (Å²) in [6.45, 7) is 11.6. The number of piperidine rings is 1. The van der Waals surface area contributed by atoms with Crippen molar-refractivity contribution in [2.75, 3.05) is 45.9 Å². The van der Waals surface area contributed by atoms with Gasteiger partial charge in [-0.2, -0.15) is 9.65 Å². The number of morpholine rings is 1. The summed E-state index contributed by atoms with van der Waals surface area (Å²) < 4.78 is 48.6.